The highest BCUT2D eigenvalue weighted by molar-refractivity contribution is 8.28. The molecular formula is C13H17F4NS2. The van der Waals surface area contributed by atoms with E-state index in [0.717, 1.165) is 6.07 Å². The number of halogens is 4. The lowest BCUT2D eigenvalue weighted by Gasteiger charge is -2.26. The molecule has 0 saturated heterocycles. The minimum atomic E-state index is -4.69. The molecule has 20 heavy (non-hydrogen) atoms. The van der Waals surface area contributed by atoms with E-state index in [9.17, 15) is 17.6 Å². The Morgan fingerprint density at radius 2 is 1.75 bits per heavy atom. The molecule has 0 amide bonds. The number of nitrogens with one attached hydrogen (secondary N) is 1. The van der Waals surface area contributed by atoms with E-state index in [1.54, 1.807) is 6.92 Å². The summed E-state index contributed by atoms with van der Waals surface area (Å²) in [4.78, 5) is 0. The molecule has 114 valence electrons. The van der Waals surface area contributed by atoms with Crippen molar-refractivity contribution in [3.8, 4) is 0 Å². The number of hydrogen-bond donors (Lipinski definition) is 1. The van der Waals surface area contributed by atoms with Crippen molar-refractivity contribution in [1.82, 2.24) is 4.72 Å². The molecule has 0 saturated carbocycles. The molecule has 0 spiro atoms. The zero-order valence-corrected chi connectivity index (χ0v) is 13.3. The Morgan fingerprint density at radius 3 is 2.20 bits per heavy atom. The zero-order chi connectivity index (χ0) is 15.7. The molecule has 1 aromatic rings. The second kappa shape index (κ2) is 6.07. The maximum Gasteiger partial charge on any atom is 0.419 e. The predicted octanol–water partition coefficient (Wildman–Crippen LogP) is 4.29. The smallest absolute Gasteiger partial charge is 0.253 e. The van der Waals surface area contributed by atoms with Crippen molar-refractivity contribution in [2.24, 2.45) is 0 Å². The van der Waals surface area contributed by atoms with Crippen molar-refractivity contribution in [2.45, 2.75) is 44.7 Å². The van der Waals surface area contributed by atoms with E-state index in [-0.39, 0.29) is 10.3 Å². The molecule has 1 N–H and O–H groups in total. The van der Waals surface area contributed by atoms with E-state index in [1.165, 1.54) is 12.1 Å². The van der Waals surface area contributed by atoms with Crippen LogP contribution in [-0.2, 0) is 27.0 Å². The topological polar surface area (TPSA) is 12.0 Å². The normalized spacial score (nSPS) is 16.0. The van der Waals surface area contributed by atoms with E-state index in [0.29, 0.717) is 0 Å². The molecule has 0 radical (unpaired) electrons. The Balaban J connectivity index is 3.07. The molecule has 0 aliphatic carbocycles. The lowest BCUT2D eigenvalue weighted by Crippen LogP contribution is -2.34. The Bertz CT molecular complexity index is 506. The van der Waals surface area contributed by atoms with E-state index >= 15 is 0 Å². The molecule has 2 atom stereocenters. The van der Waals surface area contributed by atoms with Gasteiger partial charge in [-0.3, -0.25) is 4.72 Å². The highest BCUT2D eigenvalue weighted by atomic mass is 32.8. The van der Waals surface area contributed by atoms with Crippen LogP contribution in [0, 0.1) is 5.82 Å². The summed E-state index contributed by atoms with van der Waals surface area (Å²) in [7, 11) is -0.669. The van der Waals surface area contributed by atoms with Crippen LogP contribution in [-0.4, -0.2) is 4.75 Å². The Labute approximate surface area is 123 Å². The highest BCUT2D eigenvalue weighted by Gasteiger charge is 2.35. The Morgan fingerprint density at radius 1 is 1.20 bits per heavy atom. The monoisotopic (exact) mass is 327 g/mol. The second-order valence-corrected chi connectivity index (χ2v) is 8.43. The molecule has 0 heterocycles. The van der Waals surface area contributed by atoms with Gasteiger partial charge >= 0.3 is 6.18 Å². The van der Waals surface area contributed by atoms with Crippen molar-refractivity contribution in [1.29, 1.82) is 0 Å². The van der Waals surface area contributed by atoms with E-state index in [4.69, 9.17) is 11.2 Å². The zero-order valence-electron chi connectivity index (χ0n) is 11.6. The summed E-state index contributed by atoms with van der Waals surface area (Å²) in [5.41, 5.74) is -1.27. The minimum Gasteiger partial charge on any atom is -0.253 e. The molecule has 0 bridgehead atoms. The molecule has 0 aromatic heterocycles. The van der Waals surface area contributed by atoms with E-state index < -0.39 is 33.2 Å². The third-order valence-electron chi connectivity index (χ3n) is 2.64. The van der Waals surface area contributed by atoms with Gasteiger partial charge in [-0.15, -0.1) is 0 Å². The Kier molecular flexibility index (Phi) is 5.32. The molecular weight excluding hydrogens is 310 g/mol. The first-order valence-electron chi connectivity index (χ1n) is 5.98. The summed E-state index contributed by atoms with van der Waals surface area (Å²) in [6.07, 6.45) is -4.69. The number of hydrogen-bond acceptors (Lipinski definition) is 1. The SMILES string of the molecule is C[C@@H](N[S@@](=S)C(C)(C)C)c1cccc(C(F)(F)F)c1F. The summed E-state index contributed by atoms with van der Waals surface area (Å²) in [5, 5.41) is 0. The molecule has 7 heteroatoms. The van der Waals surface area contributed by atoms with Crippen LogP contribution < -0.4 is 4.72 Å². The summed E-state index contributed by atoms with van der Waals surface area (Å²) in [6.45, 7) is 7.37. The van der Waals surface area contributed by atoms with Crippen LogP contribution in [0.15, 0.2) is 18.2 Å². The molecule has 0 unspecified atom stereocenters. The molecule has 1 nitrogen and oxygen atoms in total. The molecule has 0 aliphatic rings. The van der Waals surface area contributed by atoms with Crippen molar-refractivity contribution in [2.75, 3.05) is 0 Å². The molecule has 0 fully saturated rings. The fraction of sp³-hybridized carbons (Fsp3) is 0.538. The average molecular weight is 327 g/mol. The van der Waals surface area contributed by atoms with Crippen molar-refractivity contribution in [3.63, 3.8) is 0 Å². The van der Waals surface area contributed by atoms with Gasteiger partial charge in [0.2, 0.25) is 0 Å². The van der Waals surface area contributed by atoms with Gasteiger partial charge in [0.05, 0.1) is 5.56 Å². The first kappa shape index (κ1) is 17.5. The van der Waals surface area contributed by atoms with E-state index in [1.807, 2.05) is 20.8 Å². The van der Waals surface area contributed by atoms with Crippen molar-refractivity contribution in [3.05, 3.63) is 35.1 Å². The lowest BCUT2D eigenvalue weighted by atomic mass is 10.0. The summed E-state index contributed by atoms with van der Waals surface area (Å²) in [6, 6.07) is 2.70. The van der Waals surface area contributed by atoms with Crippen LogP contribution in [0.3, 0.4) is 0 Å². The summed E-state index contributed by atoms with van der Waals surface area (Å²) >= 11 is 5.27. The number of benzene rings is 1. The van der Waals surface area contributed by atoms with Gasteiger partial charge in [-0.05, 0) is 54.6 Å². The summed E-state index contributed by atoms with van der Waals surface area (Å²) < 4.78 is 54.7. The first-order chi connectivity index (χ1) is 8.94. The van der Waals surface area contributed by atoms with Gasteiger partial charge in [-0.25, -0.2) is 4.39 Å². The van der Waals surface area contributed by atoms with Crippen LogP contribution >= 0.6 is 0 Å². The van der Waals surface area contributed by atoms with Crippen LogP contribution in [0.4, 0.5) is 17.6 Å². The standard InChI is InChI=1S/C13H17F4NS2/c1-8(18-20(19)12(2,3)4)9-6-5-7-10(11(9)14)13(15,16)17/h5-8,18H,1-4H3/t8-,20+/m1/s1. The van der Waals surface area contributed by atoms with Crippen molar-refractivity contribution < 1.29 is 17.6 Å². The average Bonchev–Trinajstić information content (AvgIpc) is 2.26. The maximum absolute atomic E-state index is 14.0. The van der Waals surface area contributed by atoms with Gasteiger partial charge in [0, 0.05) is 16.4 Å². The van der Waals surface area contributed by atoms with Gasteiger partial charge in [-0.1, -0.05) is 12.1 Å². The van der Waals surface area contributed by atoms with Crippen molar-refractivity contribution >= 4 is 20.8 Å². The molecule has 1 aromatic carbocycles. The lowest BCUT2D eigenvalue weighted by molar-refractivity contribution is -0.140. The Hall–Kier alpha value is -0.530. The van der Waals surface area contributed by atoms with Crippen LogP contribution in [0.25, 0.3) is 0 Å². The highest BCUT2D eigenvalue weighted by Crippen LogP contribution is 2.34. The first-order valence-corrected chi connectivity index (χ1v) is 8.13. The third kappa shape index (κ3) is 4.23. The number of rotatable bonds is 3. The fourth-order valence-corrected chi connectivity index (χ4v) is 2.74. The van der Waals surface area contributed by atoms with Crippen LogP contribution in [0.2, 0.25) is 0 Å². The van der Waals surface area contributed by atoms with Crippen LogP contribution in [0.5, 0.6) is 0 Å². The second-order valence-electron chi connectivity index (χ2n) is 5.43. The van der Waals surface area contributed by atoms with Gasteiger partial charge in [-0.2, -0.15) is 13.2 Å². The van der Waals surface area contributed by atoms with Gasteiger partial charge in [0.25, 0.3) is 0 Å². The van der Waals surface area contributed by atoms with Gasteiger partial charge in [0.1, 0.15) is 5.82 Å². The maximum atomic E-state index is 14.0. The van der Waals surface area contributed by atoms with E-state index in [2.05, 4.69) is 4.72 Å². The summed E-state index contributed by atoms with van der Waals surface area (Å²) in [5.74, 6) is -1.24. The quantitative estimate of drug-likeness (QED) is 0.831. The fourth-order valence-electron chi connectivity index (χ4n) is 1.50. The predicted molar refractivity (Wildman–Crippen MR) is 77.4 cm³/mol. The van der Waals surface area contributed by atoms with Gasteiger partial charge < -0.3 is 0 Å². The number of alkyl halides is 3. The molecule has 1 rings (SSSR count). The third-order valence-corrected chi connectivity index (χ3v) is 6.11. The van der Waals surface area contributed by atoms with Gasteiger partial charge in [0.15, 0.2) is 0 Å². The molecule has 0 aliphatic heterocycles. The largest absolute Gasteiger partial charge is 0.419 e. The minimum absolute atomic E-state index is 0.0218. The van der Waals surface area contributed by atoms with Crippen LogP contribution in [0.1, 0.15) is 44.9 Å².